The molecule has 0 aliphatic heterocycles. The molecule has 0 bridgehead atoms. The van der Waals surface area contributed by atoms with Crippen LogP contribution in [0.2, 0.25) is 0 Å². The average molecular weight is 419 g/mol. The van der Waals surface area contributed by atoms with Crippen molar-refractivity contribution in [3.8, 4) is 58.4 Å². The van der Waals surface area contributed by atoms with Gasteiger partial charge in [0, 0.05) is 0 Å². The van der Waals surface area contributed by atoms with Crippen molar-refractivity contribution in [2.45, 2.75) is 0 Å². The Morgan fingerprint density at radius 2 is 0.767 bits per heavy atom. The van der Waals surface area contributed by atoms with Crippen LogP contribution >= 0.6 is 18.9 Å². The first-order valence-corrected chi connectivity index (χ1v) is 11.5. The molecule has 30 heavy (non-hydrogen) atoms. The topological polar surface area (TPSA) is 0 Å². The molecule has 0 spiro atoms. The van der Waals surface area contributed by atoms with Crippen molar-refractivity contribution in [3.05, 3.63) is 91.0 Å². The number of hydrogen-bond donors (Lipinski definition) is 0. The van der Waals surface area contributed by atoms with Crippen LogP contribution in [0.3, 0.4) is 0 Å². The Morgan fingerprint density at radius 1 is 0.433 bits per heavy atom. The Kier molecular flexibility index (Phi) is 7.84. The van der Waals surface area contributed by atoms with Crippen LogP contribution in [-0.4, -0.2) is 0 Å². The van der Waals surface area contributed by atoms with Crippen molar-refractivity contribution in [1.82, 2.24) is 0 Å². The summed E-state index contributed by atoms with van der Waals surface area (Å²) in [6.45, 7) is 0. The molecule has 3 aromatic carbocycles. The molecule has 0 nitrogen and oxygen atoms in total. The van der Waals surface area contributed by atoms with Gasteiger partial charge < -0.3 is 0 Å². The first kappa shape index (κ1) is 20.9. The van der Waals surface area contributed by atoms with Gasteiger partial charge in [0.2, 0.25) is 0 Å². The number of benzene rings is 3. The molecule has 140 valence electrons. The van der Waals surface area contributed by atoms with Crippen molar-refractivity contribution in [2.75, 3.05) is 0 Å². The zero-order chi connectivity index (χ0) is 20.9. The third-order valence-electron chi connectivity index (χ3n) is 4.36. The van der Waals surface area contributed by atoms with E-state index in [0.29, 0.717) is 0 Å². The van der Waals surface area contributed by atoms with Crippen molar-refractivity contribution < 1.29 is 0 Å². The maximum absolute atomic E-state index is 5.22. The zero-order valence-electron chi connectivity index (χ0n) is 16.0. The summed E-state index contributed by atoms with van der Waals surface area (Å²) in [5, 5.41) is 5.82. The molecule has 0 aromatic heterocycles. The monoisotopic (exact) mass is 418 g/mol. The quantitative estimate of drug-likeness (QED) is 0.447. The van der Waals surface area contributed by atoms with Gasteiger partial charge in [0.25, 0.3) is 0 Å². The van der Waals surface area contributed by atoms with Crippen LogP contribution in [0.1, 0.15) is 0 Å². The van der Waals surface area contributed by atoms with Crippen LogP contribution in [-0.2, 0) is 0 Å². The third-order valence-corrected chi connectivity index (χ3v) is 8.55. The summed E-state index contributed by atoms with van der Waals surface area (Å²) in [7, 11) is -2.58. The van der Waals surface area contributed by atoms with Crippen molar-refractivity contribution in [3.63, 3.8) is 0 Å². The van der Waals surface area contributed by atoms with E-state index in [0.717, 1.165) is 0 Å². The molecule has 3 aromatic rings. The van der Waals surface area contributed by atoms with Gasteiger partial charge in [-0.05, 0) is 0 Å². The van der Waals surface area contributed by atoms with E-state index >= 15 is 0 Å². The predicted molar refractivity (Wildman–Crippen MR) is 131 cm³/mol. The average Bonchev–Trinajstić information content (AvgIpc) is 2.82. The van der Waals surface area contributed by atoms with E-state index < -0.39 is 7.26 Å². The summed E-state index contributed by atoms with van der Waals surface area (Å²) in [6.07, 6.45) is 0. The third kappa shape index (κ3) is 5.16. The van der Waals surface area contributed by atoms with Crippen molar-refractivity contribution in [2.24, 2.45) is 0 Å². The van der Waals surface area contributed by atoms with Crippen LogP contribution in [0.25, 0.3) is 0 Å². The van der Waals surface area contributed by atoms with Gasteiger partial charge in [0.1, 0.15) is 0 Å². The minimum absolute atomic E-state index is 1.22. The summed E-state index contributed by atoms with van der Waals surface area (Å²) in [5.74, 6) is 21.4. The van der Waals surface area contributed by atoms with Gasteiger partial charge in [-0.25, -0.2) is 0 Å². The predicted octanol–water partition coefficient (Wildman–Crippen LogP) is 3.88. The van der Waals surface area contributed by atoms with E-state index in [9.17, 15) is 0 Å². The van der Waals surface area contributed by atoms with Gasteiger partial charge in [0.15, 0.2) is 0 Å². The molecule has 0 saturated carbocycles. The molecule has 3 rings (SSSR count). The van der Waals surface area contributed by atoms with Gasteiger partial charge >= 0.3 is 184 Å². The van der Waals surface area contributed by atoms with Crippen LogP contribution in [0.4, 0.5) is 0 Å². The van der Waals surface area contributed by atoms with E-state index in [1.165, 1.54) is 15.9 Å². The van der Waals surface area contributed by atoms with Crippen LogP contribution in [0, 0.1) is 58.4 Å². The molecule has 0 atom stereocenters. The molecule has 2 heteroatoms. The second kappa shape index (κ2) is 11.2. The number of halogens is 1. The fraction of sp³-hybridized carbons (Fsp3) is 0. The zero-order valence-corrected chi connectivity index (χ0v) is 17.8. The Morgan fingerprint density at radius 3 is 1.13 bits per heavy atom. The first-order chi connectivity index (χ1) is 14.9. The van der Waals surface area contributed by atoms with E-state index in [1.807, 2.05) is 18.2 Å². The number of hydrogen-bond acceptors (Lipinski definition) is 0. The van der Waals surface area contributed by atoms with E-state index in [-0.39, 0.29) is 0 Å². The molecular weight excluding hydrogens is 403 g/mol. The van der Waals surface area contributed by atoms with Gasteiger partial charge in [-0.1, -0.05) is 0 Å². The Balaban J connectivity index is 2.14. The number of rotatable bonds is 3. The second-order valence-electron chi connectivity index (χ2n) is 6.07. The van der Waals surface area contributed by atoms with Crippen LogP contribution in [0.15, 0.2) is 91.0 Å². The SMILES string of the molecule is ClC#CC#CC#CC#CC#C[PH](c1ccccc1)(c1ccccc1)c1ccccc1. The van der Waals surface area contributed by atoms with Crippen molar-refractivity contribution in [1.29, 1.82) is 0 Å². The molecule has 0 aliphatic carbocycles. The summed E-state index contributed by atoms with van der Waals surface area (Å²) in [4.78, 5) is 0. The molecule has 0 unspecified atom stereocenters. The van der Waals surface area contributed by atoms with E-state index in [2.05, 4.69) is 131 Å². The fourth-order valence-corrected chi connectivity index (χ4v) is 6.92. The van der Waals surface area contributed by atoms with Gasteiger partial charge in [0.05, 0.1) is 0 Å². The molecular formula is C28H16ClP. The Bertz CT molecular complexity index is 1200. The van der Waals surface area contributed by atoms with Crippen LogP contribution < -0.4 is 15.9 Å². The van der Waals surface area contributed by atoms with Gasteiger partial charge in [-0.2, -0.15) is 0 Å². The summed E-state index contributed by atoms with van der Waals surface area (Å²) in [6, 6.07) is 31.4. The van der Waals surface area contributed by atoms with E-state index in [1.54, 1.807) is 0 Å². The molecule has 0 heterocycles. The molecule has 0 N–H and O–H groups in total. The molecule has 0 fully saturated rings. The first-order valence-electron chi connectivity index (χ1n) is 9.17. The normalized spacial score (nSPS) is 9.37. The van der Waals surface area contributed by atoms with Crippen molar-refractivity contribution >= 4 is 34.8 Å². The minimum atomic E-state index is -2.58. The summed E-state index contributed by atoms with van der Waals surface area (Å²) >= 11 is 5.22. The van der Waals surface area contributed by atoms with E-state index in [4.69, 9.17) is 11.6 Å². The Labute approximate surface area is 184 Å². The second-order valence-corrected chi connectivity index (χ2v) is 9.74. The summed E-state index contributed by atoms with van der Waals surface area (Å²) < 4.78 is 0. The Hall–Kier alpha value is -3.82. The maximum atomic E-state index is 5.22. The molecule has 0 amide bonds. The summed E-state index contributed by atoms with van der Waals surface area (Å²) in [5.41, 5.74) is 3.57. The molecule has 0 radical (unpaired) electrons. The van der Waals surface area contributed by atoms with Gasteiger partial charge in [-0.15, -0.1) is 0 Å². The molecule has 0 aliphatic rings. The standard InChI is InChI=1S/C28H16ClP/c29-24-16-5-3-1-2-4-6-17-25-30(26-18-10-7-11-19-26,27-20-12-8-13-21-27)28-22-14-9-15-23-28/h7-15,18-23,30H. The fourth-order valence-electron chi connectivity index (χ4n) is 3.12. The van der Waals surface area contributed by atoms with Gasteiger partial charge in [-0.3, -0.25) is 0 Å². The van der Waals surface area contributed by atoms with Crippen LogP contribution in [0.5, 0.6) is 0 Å². The molecule has 0 saturated heterocycles.